The van der Waals surface area contributed by atoms with Crippen molar-refractivity contribution in [1.82, 2.24) is 14.3 Å². The zero-order chi connectivity index (χ0) is 18.7. The number of nitrogens with one attached hydrogen (secondary N) is 1. The highest BCUT2D eigenvalue weighted by molar-refractivity contribution is 7.09. The van der Waals surface area contributed by atoms with Crippen molar-refractivity contribution in [3.8, 4) is 0 Å². The number of anilines is 1. The van der Waals surface area contributed by atoms with Gasteiger partial charge < -0.3 is 10.0 Å². The van der Waals surface area contributed by atoms with Crippen LogP contribution in [0.5, 0.6) is 0 Å². The Hall–Kier alpha value is -2.55. The summed E-state index contributed by atoms with van der Waals surface area (Å²) in [7, 11) is 0. The molecular formula is C17H19FN4O3S. The summed E-state index contributed by atoms with van der Waals surface area (Å²) < 4.78 is 18.1. The van der Waals surface area contributed by atoms with Gasteiger partial charge in [0.1, 0.15) is 11.6 Å². The summed E-state index contributed by atoms with van der Waals surface area (Å²) >= 11 is 1.15. The summed E-state index contributed by atoms with van der Waals surface area (Å²) in [6.45, 7) is 2.94. The summed E-state index contributed by atoms with van der Waals surface area (Å²) in [5, 5.41) is 12.1. The number of carboxylic acid groups (broad SMARTS) is 1. The van der Waals surface area contributed by atoms with E-state index in [0.29, 0.717) is 36.0 Å². The molecule has 2 heterocycles. The van der Waals surface area contributed by atoms with Crippen LogP contribution in [-0.4, -0.2) is 44.5 Å². The number of carbonyl (C=O) groups excluding carboxylic acids is 1. The van der Waals surface area contributed by atoms with E-state index in [0.717, 1.165) is 30.4 Å². The van der Waals surface area contributed by atoms with Gasteiger partial charge in [-0.2, -0.15) is 4.37 Å². The first-order chi connectivity index (χ1) is 12.4. The highest BCUT2D eigenvalue weighted by Gasteiger charge is 2.24. The van der Waals surface area contributed by atoms with E-state index in [-0.39, 0.29) is 17.5 Å². The number of carbonyl (C=O) groups is 2. The lowest BCUT2D eigenvalue weighted by Crippen LogP contribution is -2.41. The van der Waals surface area contributed by atoms with Gasteiger partial charge in [-0.3, -0.25) is 5.32 Å². The number of benzene rings is 1. The smallest absolute Gasteiger partial charge is 0.335 e. The maximum absolute atomic E-state index is 14.1. The second-order valence-electron chi connectivity index (χ2n) is 6.32. The van der Waals surface area contributed by atoms with Crippen LogP contribution in [0.4, 0.5) is 14.3 Å². The summed E-state index contributed by atoms with van der Waals surface area (Å²) in [5.74, 6) is -0.745. The van der Waals surface area contributed by atoms with E-state index in [1.54, 1.807) is 11.8 Å². The summed E-state index contributed by atoms with van der Waals surface area (Å²) in [5.41, 5.74) is 0.465. The second-order valence-corrected chi connectivity index (χ2v) is 7.07. The molecule has 1 aliphatic rings. The number of nitrogens with zero attached hydrogens (tertiary/aromatic N) is 3. The molecule has 9 heteroatoms. The van der Waals surface area contributed by atoms with Crippen molar-refractivity contribution in [2.75, 3.05) is 18.4 Å². The Morgan fingerprint density at radius 2 is 2.12 bits per heavy atom. The predicted molar refractivity (Wildman–Crippen MR) is 95.0 cm³/mol. The van der Waals surface area contributed by atoms with Gasteiger partial charge in [0, 0.05) is 24.6 Å². The average molecular weight is 378 g/mol. The Balaban J connectivity index is 1.52. The normalized spacial score (nSPS) is 15.1. The number of piperidine rings is 1. The lowest BCUT2D eigenvalue weighted by molar-refractivity contribution is 0.0696. The Bertz CT molecular complexity index is 818. The van der Waals surface area contributed by atoms with Crippen molar-refractivity contribution in [1.29, 1.82) is 0 Å². The molecule has 0 saturated carbocycles. The maximum atomic E-state index is 14.1. The van der Waals surface area contributed by atoms with Crippen LogP contribution in [0.15, 0.2) is 18.2 Å². The van der Waals surface area contributed by atoms with Gasteiger partial charge in [-0.25, -0.2) is 19.0 Å². The zero-order valence-corrected chi connectivity index (χ0v) is 15.1. The number of halogens is 1. The standard InChI is InChI=1S/C17H19FN4O3S/c1-10-19-16(26-21-10)20-17(25)22-6-4-11(5-7-22)8-12-2-3-13(15(23)24)9-14(12)18/h2-3,9,11H,4-8H2,1H3,(H,23,24)(H,19,20,21,25). The monoisotopic (exact) mass is 378 g/mol. The van der Waals surface area contributed by atoms with Crippen LogP contribution in [-0.2, 0) is 6.42 Å². The first-order valence-corrected chi connectivity index (χ1v) is 9.07. The Morgan fingerprint density at radius 1 is 1.38 bits per heavy atom. The fourth-order valence-electron chi connectivity index (χ4n) is 3.02. The molecule has 1 aliphatic heterocycles. The molecule has 1 aromatic heterocycles. The Kier molecular flexibility index (Phi) is 5.46. The van der Waals surface area contributed by atoms with E-state index in [1.165, 1.54) is 12.1 Å². The first kappa shape index (κ1) is 18.2. The zero-order valence-electron chi connectivity index (χ0n) is 14.2. The maximum Gasteiger partial charge on any atom is 0.335 e. The molecule has 26 heavy (non-hydrogen) atoms. The number of aryl methyl sites for hydroxylation is 1. The third-order valence-electron chi connectivity index (χ3n) is 4.45. The van der Waals surface area contributed by atoms with Crippen LogP contribution in [0.25, 0.3) is 0 Å². The number of aromatic carboxylic acids is 1. The topological polar surface area (TPSA) is 95.4 Å². The lowest BCUT2D eigenvalue weighted by Gasteiger charge is -2.31. The van der Waals surface area contributed by atoms with Crippen molar-refractivity contribution in [2.45, 2.75) is 26.2 Å². The third kappa shape index (κ3) is 4.34. The number of hydrogen-bond acceptors (Lipinski definition) is 5. The molecule has 0 atom stereocenters. The van der Waals surface area contributed by atoms with Gasteiger partial charge in [0.05, 0.1) is 5.56 Å². The van der Waals surface area contributed by atoms with Gasteiger partial charge in [0.15, 0.2) is 0 Å². The van der Waals surface area contributed by atoms with Gasteiger partial charge in [0.25, 0.3) is 0 Å². The van der Waals surface area contributed by atoms with Crippen LogP contribution in [0.3, 0.4) is 0 Å². The van der Waals surface area contributed by atoms with Gasteiger partial charge in [-0.1, -0.05) is 6.07 Å². The van der Waals surface area contributed by atoms with Crippen LogP contribution in [0.2, 0.25) is 0 Å². The van der Waals surface area contributed by atoms with Gasteiger partial charge in [0.2, 0.25) is 5.13 Å². The molecule has 1 saturated heterocycles. The van der Waals surface area contributed by atoms with Crippen molar-refractivity contribution < 1.29 is 19.1 Å². The number of likely N-dealkylation sites (tertiary alicyclic amines) is 1. The molecule has 3 rings (SSSR count). The van der Waals surface area contributed by atoms with Crippen LogP contribution in [0, 0.1) is 18.7 Å². The predicted octanol–water partition coefficient (Wildman–Crippen LogP) is 3.17. The largest absolute Gasteiger partial charge is 0.478 e. The van der Waals surface area contributed by atoms with Crippen molar-refractivity contribution in [2.24, 2.45) is 5.92 Å². The summed E-state index contributed by atoms with van der Waals surface area (Å²) in [6.07, 6.45) is 2.07. The van der Waals surface area contributed by atoms with E-state index in [2.05, 4.69) is 14.7 Å². The number of carboxylic acids is 1. The number of aromatic nitrogens is 2. The number of urea groups is 1. The van der Waals surface area contributed by atoms with E-state index in [9.17, 15) is 14.0 Å². The molecule has 2 amide bonds. The van der Waals surface area contributed by atoms with Crippen molar-refractivity contribution in [3.63, 3.8) is 0 Å². The van der Waals surface area contributed by atoms with Gasteiger partial charge in [-0.05, 0) is 49.8 Å². The molecule has 138 valence electrons. The van der Waals surface area contributed by atoms with E-state index < -0.39 is 11.8 Å². The minimum Gasteiger partial charge on any atom is -0.478 e. The quantitative estimate of drug-likeness (QED) is 0.852. The van der Waals surface area contributed by atoms with Gasteiger partial charge >= 0.3 is 12.0 Å². The molecule has 2 N–H and O–H groups in total. The van der Waals surface area contributed by atoms with Crippen LogP contribution < -0.4 is 5.32 Å². The van der Waals surface area contributed by atoms with E-state index in [1.807, 2.05) is 0 Å². The molecule has 0 aliphatic carbocycles. The van der Waals surface area contributed by atoms with E-state index >= 15 is 0 Å². The SMILES string of the molecule is Cc1nsc(NC(=O)N2CCC(Cc3ccc(C(=O)O)cc3F)CC2)n1. The number of amides is 2. The molecular weight excluding hydrogens is 359 g/mol. The van der Waals surface area contributed by atoms with Crippen LogP contribution in [0.1, 0.15) is 34.6 Å². The lowest BCUT2D eigenvalue weighted by atomic mass is 9.90. The molecule has 1 fully saturated rings. The molecule has 7 nitrogen and oxygen atoms in total. The fourth-order valence-corrected chi connectivity index (χ4v) is 3.58. The second kappa shape index (κ2) is 7.77. The molecule has 0 bridgehead atoms. The van der Waals surface area contributed by atoms with Crippen LogP contribution >= 0.6 is 11.5 Å². The summed E-state index contributed by atoms with van der Waals surface area (Å²) in [4.78, 5) is 28.9. The van der Waals surface area contributed by atoms with Crippen molar-refractivity contribution >= 4 is 28.7 Å². The highest BCUT2D eigenvalue weighted by Crippen LogP contribution is 2.24. The molecule has 0 unspecified atom stereocenters. The Labute approximate surface area is 154 Å². The number of hydrogen-bond donors (Lipinski definition) is 2. The van der Waals surface area contributed by atoms with E-state index in [4.69, 9.17) is 5.11 Å². The molecule has 1 aromatic carbocycles. The van der Waals surface area contributed by atoms with Gasteiger partial charge in [-0.15, -0.1) is 0 Å². The molecule has 0 spiro atoms. The summed E-state index contributed by atoms with van der Waals surface area (Å²) in [6, 6.07) is 3.82. The number of rotatable bonds is 4. The first-order valence-electron chi connectivity index (χ1n) is 8.30. The Morgan fingerprint density at radius 3 is 2.69 bits per heavy atom. The fraction of sp³-hybridized carbons (Fsp3) is 0.412. The van der Waals surface area contributed by atoms with Crippen molar-refractivity contribution in [3.05, 3.63) is 41.0 Å². The third-order valence-corrected chi connectivity index (χ3v) is 5.17. The average Bonchev–Trinajstić information content (AvgIpc) is 3.02. The highest BCUT2D eigenvalue weighted by atomic mass is 32.1. The minimum atomic E-state index is -1.14. The molecule has 2 aromatic rings. The minimum absolute atomic E-state index is 0.0512. The molecule has 0 radical (unpaired) electrons.